The first-order chi connectivity index (χ1) is 17.2. The number of aryl methyl sites for hydroxylation is 2. The Hall–Kier alpha value is -3.56. The maximum Gasteiger partial charge on any atom is 0.265 e. The third kappa shape index (κ3) is 5.47. The number of ether oxygens (including phenoxy) is 2. The Bertz CT molecular complexity index is 1360. The van der Waals surface area contributed by atoms with Gasteiger partial charge in [0.25, 0.3) is 15.9 Å². The number of amides is 1. The van der Waals surface area contributed by atoms with E-state index in [-0.39, 0.29) is 28.7 Å². The highest BCUT2D eigenvalue weighted by Gasteiger charge is 2.36. The third-order valence-corrected chi connectivity index (χ3v) is 7.73. The molecule has 0 aromatic heterocycles. The minimum absolute atomic E-state index is 0.0270. The molecule has 0 aliphatic carbocycles. The van der Waals surface area contributed by atoms with Crippen LogP contribution in [0, 0.1) is 13.8 Å². The number of nitrogens with one attached hydrogen (secondary N) is 2. The van der Waals surface area contributed by atoms with Crippen LogP contribution in [0.4, 0.5) is 11.4 Å². The molecule has 36 heavy (non-hydrogen) atoms. The van der Waals surface area contributed by atoms with E-state index in [4.69, 9.17) is 9.47 Å². The predicted octanol–water partition coefficient (Wildman–Crippen LogP) is 4.06. The number of carbonyl (C=O) groups excluding carboxylic acids is 1. The molecule has 0 radical (unpaired) electrons. The first-order valence-electron chi connectivity index (χ1n) is 11.6. The summed E-state index contributed by atoms with van der Waals surface area (Å²) in [6.45, 7) is 4.82. The van der Waals surface area contributed by atoms with E-state index < -0.39 is 10.0 Å². The average Bonchev–Trinajstić information content (AvgIpc) is 3.27. The summed E-state index contributed by atoms with van der Waals surface area (Å²) >= 11 is 0. The van der Waals surface area contributed by atoms with Crippen LogP contribution in [-0.4, -0.2) is 58.7 Å². The van der Waals surface area contributed by atoms with Gasteiger partial charge in [0.1, 0.15) is 10.6 Å². The molecule has 3 aromatic carbocycles. The molecular formula is C27H31N3O5S. The van der Waals surface area contributed by atoms with Crippen LogP contribution in [0.2, 0.25) is 0 Å². The lowest BCUT2D eigenvalue weighted by Gasteiger charge is -2.20. The molecular weight excluding hydrogens is 478 g/mol. The maximum atomic E-state index is 13.2. The van der Waals surface area contributed by atoms with Crippen LogP contribution in [0.5, 0.6) is 5.75 Å². The van der Waals surface area contributed by atoms with Gasteiger partial charge in [-0.2, -0.15) is 0 Å². The summed E-state index contributed by atoms with van der Waals surface area (Å²) < 4.78 is 39.4. The molecule has 1 amide bonds. The van der Waals surface area contributed by atoms with Crippen LogP contribution in [0.3, 0.4) is 0 Å². The number of carbonyl (C=O) groups is 1. The number of hydrogen-bond acceptors (Lipinski definition) is 6. The molecule has 0 bridgehead atoms. The number of likely N-dealkylation sites (tertiary alicyclic amines) is 1. The molecule has 1 fully saturated rings. The minimum Gasteiger partial charge on any atom is -0.495 e. The highest BCUT2D eigenvalue weighted by atomic mass is 32.2. The number of sulfonamides is 1. The smallest absolute Gasteiger partial charge is 0.265 e. The predicted molar refractivity (Wildman–Crippen MR) is 140 cm³/mol. The molecule has 0 unspecified atom stereocenters. The minimum atomic E-state index is -3.85. The Morgan fingerprint density at radius 1 is 0.944 bits per heavy atom. The quantitative estimate of drug-likeness (QED) is 0.475. The molecule has 1 aliphatic rings. The van der Waals surface area contributed by atoms with Crippen LogP contribution in [0.25, 0.3) is 0 Å². The Labute approximate surface area is 212 Å². The van der Waals surface area contributed by atoms with Crippen LogP contribution in [0.15, 0.2) is 71.6 Å². The molecule has 0 saturated carbocycles. The van der Waals surface area contributed by atoms with E-state index in [9.17, 15) is 13.2 Å². The number of anilines is 2. The Balaban J connectivity index is 1.49. The largest absolute Gasteiger partial charge is 0.495 e. The third-order valence-electron chi connectivity index (χ3n) is 6.31. The first kappa shape index (κ1) is 25.5. The van der Waals surface area contributed by atoms with Crippen LogP contribution in [-0.2, 0) is 14.8 Å². The molecule has 190 valence electrons. The lowest BCUT2D eigenvalue weighted by atomic mass is 10.0. The summed E-state index contributed by atoms with van der Waals surface area (Å²) in [5.41, 5.74) is 3.78. The lowest BCUT2D eigenvalue weighted by Crippen LogP contribution is -2.34. The second-order valence-corrected chi connectivity index (χ2v) is 10.5. The number of rotatable bonds is 8. The van der Waals surface area contributed by atoms with Gasteiger partial charge in [-0.05, 0) is 55.8 Å². The number of nitrogens with zero attached hydrogens (tertiary/aromatic N) is 1. The molecule has 1 heterocycles. The standard InChI is InChI=1S/C27H31N3O5S/c1-18-12-13-19(2)22(14-18)27(31)30-16-23(25(17-30)35-4)28-20-8-7-9-21(15-20)29-36(32,33)26-11-6-5-10-24(26)34-3/h5-15,23,25,28-29H,16-17H2,1-4H3/t23-,25-/m1/s1. The zero-order valence-electron chi connectivity index (χ0n) is 20.8. The van der Waals surface area contributed by atoms with Crippen molar-refractivity contribution in [3.8, 4) is 5.75 Å². The van der Waals surface area contributed by atoms with Gasteiger partial charge in [0.05, 0.1) is 24.9 Å². The highest BCUT2D eigenvalue weighted by Crippen LogP contribution is 2.27. The summed E-state index contributed by atoms with van der Waals surface area (Å²) in [7, 11) is -0.795. The Morgan fingerprint density at radius 3 is 2.44 bits per heavy atom. The number of benzene rings is 3. The van der Waals surface area contributed by atoms with Gasteiger partial charge in [0, 0.05) is 31.5 Å². The van der Waals surface area contributed by atoms with Crippen molar-refractivity contribution in [3.05, 3.63) is 83.4 Å². The lowest BCUT2D eigenvalue weighted by molar-refractivity contribution is 0.0719. The molecule has 1 aliphatic heterocycles. The van der Waals surface area contributed by atoms with Crippen molar-refractivity contribution in [2.45, 2.75) is 30.9 Å². The maximum absolute atomic E-state index is 13.2. The Morgan fingerprint density at radius 2 is 1.69 bits per heavy atom. The molecule has 2 N–H and O–H groups in total. The summed E-state index contributed by atoms with van der Waals surface area (Å²) in [6.07, 6.45) is -0.215. The van der Waals surface area contributed by atoms with Crippen LogP contribution < -0.4 is 14.8 Å². The van der Waals surface area contributed by atoms with Gasteiger partial charge in [0.15, 0.2) is 0 Å². The van der Waals surface area contributed by atoms with E-state index in [1.807, 2.05) is 38.1 Å². The van der Waals surface area contributed by atoms with Gasteiger partial charge in [-0.3, -0.25) is 9.52 Å². The van der Waals surface area contributed by atoms with Gasteiger partial charge < -0.3 is 19.7 Å². The fraction of sp³-hybridized carbons (Fsp3) is 0.296. The van der Waals surface area contributed by atoms with Gasteiger partial charge in [0.2, 0.25) is 0 Å². The van der Waals surface area contributed by atoms with E-state index in [1.54, 1.807) is 48.4 Å². The van der Waals surface area contributed by atoms with Crippen molar-refractivity contribution in [1.29, 1.82) is 0 Å². The zero-order chi connectivity index (χ0) is 25.9. The summed E-state index contributed by atoms with van der Waals surface area (Å²) in [6, 6.07) is 19.2. The summed E-state index contributed by atoms with van der Waals surface area (Å²) in [5.74, 6) is 0.239. The van der Waals surface area contributed by atoms with Crippen molar-refractivity contribution in [2.75, 3.05) is 37.3 Å². The van der Waals surface area contributed by atoms with E-state index in [1.165, 1.54) is 13.2 Å². The van der Waals surface area contributed by atoms with Crippen molar-refractivity contribution >= 4 is 27.3 Å². The highest BCUT2D eigenvalue weighted by molar-refractivity contribution is 7.92. The average molecular weight is 510 g/mol. The first-order valence-corrected chi connectivity index (χ1v) is 13.1. The van der Waals surface area contributed by atoms with Crippen LogP contribution >= 0.6 is 0 Å². The van der Waals surface area contributed by atoms with Gasteiger partial charge in [-0.15, -0.1) is 0 Å². The molecule has 3 aromatic rings. The normalized spacial score (nSPS) is 17.6. The molecule has 0 spiro atoms. The van der Waals surface area contributed by atoms with E-state index >= 15 is 0 Å². The topological polar surface area (TPSA) is 97.0 Å². The van der Waals surface area contributed by atoms with Crippen molar-refractivity contribution in [1.82, 2.24) is 4.90 Å². The van der Waals surface area contributed by atoms with Gasteiger partial charge >= 0.3 is 0 Å². The second-order valence-electron chi connectivity index (χ2n) is 8.89. The fourth-order valence-corrected chi connectivity index (χ4v) is 5.61. The number of methoxy groups -OCH3 is 2. The second kappa shape index (κ2) is 10.6. The number of para-hydroxylation sites is 1. The van der Waals surface area contributed by atoms with E-state index in [0.717, 1.165) is 11.1 Å². The summed E-state index contributed by atoms with van der Waals surface area (Å²) in [4.78, 5) is 15.1. The van der Waals surface area contributed by atoms with Crippen LogP contribution in [0.1, 0.15) is 21.5 Å². The molecule has 4 rings (SSSR count). The summed E-state index contributed by atoms with van der Waals surface area (Å²) in [5, 5.41) is 3.41. The van der Waals surface area contributed by atoms with Crippen molar-refractivity contribution < 1.29 is 22.7 Å². The molecule has 2 atom stereocenters. The monoisotopic (exact) mass is 509 g/mol. The Kier molecular flexibility index (Phi) is 7.51. The molecule has 8 nitrogen and oxygen atoms in total. The van der Waals surface area contributed by atoms with Crippen molar-refractivity contribution in [2.24, 2.45) is 0 Å². The van der Waals surface area contributed by atoms with Gasteiger partial charge in [-0.25, -0.2) is 8.42 Å². The SMILES string of the molecule is COc1ccccc1S(=O)(=O)Nc1cccc(N[C@@H]2CN(C(=O)c3cc(C)ccc3C)C[C@H]2OC)c1. The van der Waals surface area contributed by atoms with Gasteiger partial charge in [-0.1, -0.05) is 35.9 Å². The molecule has 9 heteroatoms. The van der Waals surface area contributed by atoms with E-state index in [0.29, 0.717) is 30.0 Å². The van der Waals surface area contributed by atoms with Crippen molar-refractivity contribution in [3.63, 3.8) is 0 Å². The zero-order valence-corrected chi connectivity index (χ0v) is 21.6. The number of hydrogen-bond donors (Lipinski definition) is 2. The molecule has 1 saturated heterocycles. The fourth-order valence-electron chi connectivity index (χ4n) is 4.39. The van der Waals surface area contributed by atoms with E-state index in [2.05, 4.69) is 10.0 Å².